The van der Waals surface area contributed by atoms with E-state index in [1.807, 2.05) is 0 Å². The summed E-state index contributed by atoms with van der Waals surface area (Å²) in [6, 6.07) is 15.9. The van der Waals surface area contributed by atoms with Crippen molar-refractivity contribution >= 4 is 17.6 Å². The Balaban J connectivity index is 2.00. The molecule has 0 saturated heterocycles. The Bertz CT molecular complexity index is 988. The van der Waals surface area contributed by atoms with Gasteiger partial charge in [-0.15, -0.1) is 0 Å². The van der Waals surface area contributed by atoms with Gasteiger partial charge >= 0.3 is 5.97 Å². The minimum atomic E-state index is -1.22. The van der Waals surface area contributed by atoms with E-state index in [0.717, 1.165) is 12.1 Å². The molecule has 0 spiro atoms. The summed E-state index contributed by atoms with van der Waals surface area (Å²) in [7, 11) is 0. The highest BCUT2D eigenvalue weighted by Crippen LogP contribution is 2.27. The zero-order chi connectivity index (χ0) is 18.7. The highest BCUT2D eigenvalue weighted by molar-refractivity contribution is 6.08. The van der Waals surface area contributed by atoms with Crippen LogP contribution in [-0.2, 0) is 0 Å². The lowest BCUT2D eigenvalue weighted by Crippen LogP contribution is -2.14. The van der Waals surface area contributed by atoms with Crippen molar-refractivity contribution in [3.8, 4) is 11.1 Å². The van der Waals surface area contributed by atoms with Crippen molar-refractivity contribution in [3.63, 3.8) is 0 Å². The van der Waals surface area contributed by atoms with Gasteiger partial charge in [-0.1, -0.05) is 30.3 Å². The maximum atomic E-state index is 13.5. The van der Waals surface area contributed by atoms with Gasteiger partial charge in [0.15, 0.2) is 11.6 Å². The van der Waals surface area contributed by atoms with Crippen molar-refractivity contribution < 1.29 is 23.5 Å². The molecule has 26 heavy (non-hydrogen) atoms. The molecule has 0 bridgehead atoms. The fourth-order valence-corrected chi connectivity index (χ4v) is 2.47. The van der Waals surface area contributed by atoms with Crippen molar-refractivity contribution in [1.82, 2.24) is 0 Å². The molecule has 0 aliphatic rings. The van der Waals surface area contributed by atoms with E-state index < -0.39 is 23.5 Å². The molecule has 1 amide bonds. The third kappa shape index (κ3) is 3.59. The van der Waals surface area contributed by atoms with Gasteiger partial charge in [0.05, 0.1) is 11.3 Å². The lowest BCUT2D eigenvalue weighted by atomic mass is 10.0. The number of carboxylic acids is 1. The summed E-state index contributed by atoms with van der Waals surface area (Å²) in [5.41, 5.74) is 1.12. The minimum Gasteiger partial charge on any atom is -0.478 e. The van der Waals surface area contributed by atoms with Crippen molar-refractivity contribution in [1.29, 1.82) is 0 Å². The molecule has 0 atom stereocenters. The van der Waals surface area contributed by atoms with Crippen LogP contribution in [0.15, 0.2) is 66.7 Å². The van der Waals surface area contributed by atoms with E-state index in [2.05, 4.69) is 5.32 Å². The van der Waals surface area contributed by atoms with Crippen molar-refractivity contribution in [3.05, 3.63) is 89.5 Å². The molecule has 0 aliphatic heterocycles. The van der Waals surface area contributed by atoms with Gasteiger partial charge in [0, 0.05) is 5.56 Å². The molecule has 0 saturated carbocycles. The molecule has 0 heterocycles. The lowest BCUT2D eigenvalue weighted by molar-refractivity contribution is 0.0698. The van der Waals surface area contributed by atoms with Crippen LogP contribution < -0.4 is 5.32 Å². The van der Waals surface area contributed by atoms with Crippen molar-refractivity contribution in [2.75, 3.05) is 5.32 Å². The fourth-order valence-electron chi connectivity index (χ4n) is 2.47. The normalized spacial score (nSPS) is 10.4. The number of halogens is 2. The Morgan fingerprint density at radius 3 is 2.12 bits per heavy atom. The van der Waals surface area contributed by atoms with Gasteiger partial charge in [-0.25, -0.2) is 13.6 Å². The summed E-state index contributed by atoms with van der Waals surface area (Å²) in [5.74, 6) is -3.69. The van der Waals surface area contributed by atoms with E-state index in [9.17, 15) is 23.5 Å². The van der Waals surface area contributed by atoms with Crippen LogP contribution in [-0.4, -0.2) is 17.0 Å². The van der Waals surface area contributed by atoms with Crippen LogP contribution in [0.4, 0.5) is 14.5 Å². The number of hydrogen-bond donors (Lipinski definition) is 2. The third-order valence-corrected chi connectivity index (χ3v) is 3.79. The number of nitrogens with one attached hydrogen (secondary N) is 1. The first kappa shape index (κ1) is 17.3. The summed E-state index contributed by atoms with van der Waals surface area (Å²) in [6.07, 6.45) is 0. The van der Waals surface area contributed by atoms with Crippen molar-refractivity contribution in [2.24, 2.45) is 0 Å². The Morgan fingerprint density at radius 1 is 0.808 bits per heavy atom. The minimum absolute atomic E-state index is 0.0635. The summed E-state index contributed by atoms with van der Waals surface area (Å²) in [4.78, 5) is 23.7. The average Bonchev–Trinajstić information content (AvgIpc) is 2.64. The molecule has 130 valence electrons. The van der Waals surface area contributed by atoms with E-state index in [4.69, 9.17) is 0 Å². The van der Waals surface area contributed by atoms with Crippen LogP contribution in [0, 0.1) is 11.6 Å². The number of hydrogen-bond acceptors (Lipinski definition) is 2. The second-order valence-electron chi connectivity index (χ2n) is 5.51. The van der Waals surface area contributed by atoms with E-state index in [1.165, 1.54) is 24.3 Å². The number of amides is 1. The number of carbonyl (C=O) groups excluding carboxylic acids is 1. The number of carbonyl (C=O) groups is 2. The largest absolute Gasteiger partial charge is 0.478 e. The van der Waals surface area contributed by atoms with E-state index in [0.29, 0.717) is 16.7 Å². The standard InChI is InChI=1S/C20H13F2NO3/c21-16-9-7-13(10-17(16)22)14-6-8-15(20(25)26)18(11-14)23-19(24)12-4-2-1-3-5-12/h1-11H,(H,23,24)(H,25,26). The van der Waals surface area contributed by atoms with Gasteiger partial charge < -0.3 is 10.4 Å². The molecule has 2 N–H and O–H groups in total. The first-order valence-electron chi connectivity index (χ1n) is 7.65. The molecule has 6 heteroatoms. The van der Waals surface area contributed by atoms with Crippen LogP contribution in [0.1, 0.15) is 20.7 Å². The number of carboxylic acid groups (broad SMARTS) is 1. The SMILES string of the molecule is O=C(Nc1cc(-c2ccc(F)c(F)c2)ccc1C(=O)O)c1ccccc1. The molecule has 0 radical (unpaired) electrons. The molecule has 0 aromatic heterocycles. The van der Waals surface area contributed by atoms with Crippen LogP contribution in [0.5, 0.6) is 0 Å². The van der Waals surface area contributed by atoms with Gasteiger partial charge in [0.1, 0.15) is 0 Å². The van der Waals surface area contributed by atoms with E-state index in [-0.39, 0.29) is 11.3 Å². The van der Waals surface area contributed by atoms with E-state index in [1.54, 1.807) is 30.3 Å². The summed E-state index contributed by atoms with van der Waals surface area (Å²) in [6.45, 7) is 0. The highest BCUT2D eigenvalue weighted by atomic mass is 19.2. The third-order valence-electron chi connectivity index (χ3n) is 3.79. The smallest absolute Gasteiger partial charge is 0.337 e. The molecule has 0 unspecified atom stereocenters. The lowest BCUT2D eigenvalue weighted by Gasteiger charge is -2.11. The van der Waals surface area contributed by atoms with Gasteiger partial charge in [-0.3, -0.25) is 4.79 Å². The Kier molecular flexibility index (Phi) is 4.75. The maximum Gasteiger partial charge on any atom is 0.337 e. The van der Waals surface area contributed by atoms with E-state index >= 15 is 0 Å². The molecular formula is C20H13F2NO3. The molecule has 3 aromatic rings. The number of benzene rings is 3. The topological polar surface area (TPSA) is 66.4 Å². The number of anilines is 1. The first-order valence-corrected chi connectivity index (χ1v) is 7.65. The molecule has 4 nitrogen and oxygen atoms in total. The first-order chi connectivity index (χ1) is 12.5. The zero-order valence-corrected chi connectivity index (χ0v) is 13.4. The second kappa shape index (κ2) is 7.14. The molecule has 0 fully saturated rings. The Hall–Kier alpha value is -3.54. The number of aromatic carboxylic acids is 1. The van der Waals surface area contributed by atoms with Gasteiger partial charge in [0.2, 0.25) is 0 Å². The van der Waals surface area contributed by atoms with Gasteiger partial charge in [-0.05, 0) is 47.5 Å². The molecule has 0 aliphatic carbocycles. The highest BCUT2D eigenvalue weighted by Gasteiger charge is 2.15. The number of rotatable bonds is 4. The molecule has 3 rings (SSSR count). The quantitative estimate of drug-likeness (QED) is 0.721. The zero-order valence-electron chi connectivity index (χ0n) is 13.4. The predicted molar refractivity (Wildman–Crippen MR) is 93.1 cm³/mol. The predicted octanol–water partition coefficient (Wildman–Crippen LogP) is 4.58. The molecule has 3 aromatic carbocycles. The second-order valence-corrected chi connectivity index (χ2v) is 5.51. The fraction of sp³-hybridized carbons (Fsp3) is 0. The van der Waals surface area contributed by atoms with Crippen LogP contribution in [0.25, 0.3) is 11.1 Å². The van der Waals surface area contributed by atoms with Crippen molar-refractivity contribution in [2.45, 2.75) is 0 Å². The van der Waals surface area contributed by atoms with Crippen LogP contribution in [0.2, 0.25) is 0 Å². The van der Waals surface area contributed by atoms with Gasteiger partial charge in [-0.2, -0.15) is 0 Å². The maximum absolute atomic E-state index is 13.5. The summed E-state index contributed by atoms with van der Waals surface area (Å²) < 4.78 is 26.6. The monoisotopic (exact) mass is 353 g/mol. The van der Waals surface area contributed by atoms with Crippen LogP contribution in [0.3, 0.4) is 0 Å². The van der Waals surface area contributed by atoms with Gasteiger partial charge in [0.25, 0.3) is 5.91 Å². The average molecular weight is 353 g/mol. The summed E-state index contributed by atoms with van der Waals surface area (Å²) >= 11 is 0. The van der Waals surface area contributed by atoms with Crippen LogP contribution >= 0.6 is 0 Å². The Morgan fingerprint density at radius 2 is 1.46 bits per heavy atom. The Labute approximate surface area is 147 Å². The molecular weight excluding hydrogens is 340 g/mol. The summed E-state index contributed by atoms with van der Waals surface area (Å²) in [5, 5.41) is 11.9.